The standard InChI is InChI=1S/C18H20F3N3O6S/c1-2-12-30-17(25)13-14(18(19,20)21)6-5-10-23(11-9-22)31(28,29)16-8-4-3-7-15(16)24(26)27/h3-4,7-8,13H,2,9-12,22H2,1H3. The number of halogens is 3. The lowest BCUT2D eigenvalue weighted by molar-refractivity contribution is -0.387. The molecule has 0 saturated carbocycles. The maximum absolute atomic E-state index is 13.1. The van der Waals surface area contributed by atoms with Gasteiger partial charge in [-0.15, -0.1) is 0 Å². The highest BCUT2D eigenvalue weighted by Crippen LogP contribution is 2.27. The number of nitrogens with two attached hydrogens (primary N) is 1. The van der Waals surface area contributed by atoms with Crippen molar-refractivity contribution in [3.8, 4) is 11.8 Å². The van der Waals surface area contributed by atoms with E-state index in [0.29, 0.717) is 10.7 Å². The molecule has 0 heterocycles. The molecule has 0 fully saturated rings. The number of ether oxygens (including phenoxy) is 1. The SMILES string of the molecule is CCCOC(=O)C=C(C#CCN(CCN)S(=O)(=O)c1ccccc1[N+](=O)[O-])C(F)(F)F. The number of carbonyl (C=O) groups excluding carboxylic acids is 1. The van der Waals surface area contributed by atoms with Gasteiger partial charge in [0, 0.05) is 25.2 Å². The van der Waals surface area contributed by atoms with E-state index in [-0.39, 0.29) is 25.8 Å². The zero-order valence-corrected chi connectivity index (χ0v) is 17.2. The Balaban J connectivity index is 3.25. The molecule has 0 aliphatic carbocycles. The van der Waals surface area contributed by atoms with Gasteiger partial charge >= 0.3 is 12.1 Å². The molecule has 170 valence electrons. The maximum atomic E-state index is 13.1. The molecule has 0 spiro atoms. The van der Waals surface area contributed by atoms with Crippen molar-refractivity contribution in [2.75, 3.05) is 26.2 Å². The number of sulfonamides is 1. The first-order chi connectivity index (χ1) is 14.4. The number of esters is 1. The summed E-state index contributed by atoms with van der Waals surface area (Å²) in [6, 6.07) is 4.50. The van der Waals surface area contributed by atoms with Gasteiger partial charge < -0.3 is 10.5 Å². The van der Waals surface area contributed by atoms with Crippen LogP contribution in [0.4, 0.5) is 18.9 Å². The monoisotopic (exact) mass is 463 g/mol. The average Bonchev–Trinajstić information content (AvgIpc) is 2.69. The third kappa shape index (κ3) is 7.67. The number of alkyl halides is 3. The van der Waals surface area contributed by atoms with Crippen LogP contribution in [0.2, 0.25) is 0 Å². The Morgan fingerprint density at radius 2 is 2.00 bits per heavy atom. The molecule has 0 unspecified atom stereocenters. The number of para-hydroxylation sites is 1. The maximum Gasteiger partial charge on any atom is 0.424 e. The van der Waals surface area contributed by atoms with Gasteiger partial charge in [-0.2, -0.15) is 17.5 Å². The summed E-state index contributed by atoms with van der Waals surface area (Å²) in [5.74, 6) is 2.52. The molecular weight excluding hydrogens is 443 g/mol. The van der Waals surface area contributed by atoms with Gasteiger partial charge in [-0.25, -0.2) is 13.2 Å². The van der Waals surface area contributed by atoms with E-state index in [1.807, 2.05) is 5.92 Å². The minimum atomic E-state index is -4.98. The molecule has 0 aliphatic heterocycles. The summed E-state index contributed by atoms with van der Waals surface area (Å²) in [4.78, 5) is 21.0. The fourth-order valence-electron chi connectivity index (χ4n) is 2.17. The van der Waals surface area contributed by atoms with Crippen LogP contribution in [0.25, 0.3) is 0 Å². The fourth-order valence-corrected chi connectivity index (χ4v) is 3.68. The second-order valence-electron chi connectivity index (χ2n) is 5.88. The van der Waals surface area contributed by atoms with Crippen molar-refractivity contribution < 1.29 is 36.0 Å². The van der Waals surface area contributed by atoms with E-state index >= 15 is 0 Å². The van der Waals surface area contributed by atoms with Crippen LogP contribution in [0.1, 0.15) is 13.3 Å². The van der Waals surface area contributed by atoms with Crippen LogP contribution in [0, 0.1) is 22.0 Å². The molecule has 0 aliphatic rings. The summed E-state index contributed by atoms with van der Waals surface area (Å²) >= 11 is 0. The Labute approximate surface area is 176 Å². The molecule has 0 aromatic heterocycles. The molecule has 1 aromatic rings. The predicted molar refractivity (Wildman–Crippen MR) is 104 cm³/mol. The lowest BCUT2D eigenvalue weighted by Gasteiger charge is -2.19. The molecule has 0 atom stereocenters. The van der Waals surface area contributed by atoms with Gasteiger partial charge in [-0.05, 0) is 12.5 Å². The number of rotatable bonds is 9. The predicted octanol–water partition coefficient (Wildman–Crippen LogP) is 1.99. The number of nitro benzene ring substituents is 1. The van der Waals surface area contributed by atoms with Gasteiger partial charge in [0.15, 0.2) is 4.90 Å². The Morgan fingerprint density at radius 1 is 1.35 bits per heavy atom. The van der Waals surface area contributed by atoms with E-state index in [9.17, 15) is 36.5 Å². The summed E-state index contributed by atoms with van der Waals surface area (Å²) in [5, 5.41) is 11.1. The minimum absolute atomic E-state index is 0.0771. The lowest BCUT2D eigenvalue weighted by atomic mass is 10.2. The van der Waals surface area contributed by atoms with Crippen molar-refractivity contribution in [2.24, 2.45) is 5.73 Å². The Bertz CT molecular complexity index is 997. The van der Waals surface area contributed by atoms with E-state index < -0.39 is 49.8 Å². The smallest absolute Gasteiger partial charge is 0.424 e. The lowest BCUT2D eigenvalue weighted by Crippen LogP contribution is -2.36. The summed E-state index contributed by atoms with van der Waals surface area (Å²) < 4.78 is 70.1. The van der Waals surface area contributed by atoms with Crippen molar-refractivity contribution in [3.05, 3.63) is 46.0 Å². The number of allylic oxidation sites excluding steroid dienone is 1. The van der Waals surface area contributed by atoms with E-state index in [1.165, 1.54) is 12.1 Å². The molecule has 0 amide bonds. The van der Waals surface area contributed by atoms with Crippen LogP contribution in [-0.2, 0) is 19.6 Å². The third-order valence-corrected chi connectivity index (χ3v) is 5.45. The summed E-state index contributed by atoms with van der Waals surface area (Å²) in [6.07, 6.45) is -4.40. The molecule has 0 saturated heterocycles. The molecule has 0 radical (unpaired) electrons. The van der Waals surface area contributed by atoms with Crippen molar-refractivity contribution in [2.45, 2.75) is 24.4 Å². The van der Waals surface area contributed by atoms with Gasteiger partial charge in [0.05, 0.1) is 18.1 Å². The van der Waals surface area contributed by atoms with Crippen molar-refractivity contribution in [1.82, 2.24) is 4.31 Å². The number of nitrogens with zero attached hydrogens (tertiary/aromatic N) is 2. The van der Waals surface area contributed by atoms with Gasteiger partial charge in [-0.1, -0.05) is 30.9 Å². The number of benzene rings is 1. The molecular formula is C18H20F3N3O6S. The highest BCUT2D eigenvalue weighted by atomic mass is 32.2. The van der Waals surface area contributed by atoms with Gasteiger partial charge in [0.1, 0.15) is 5.57 Å². The largest absolute Gasteiger partial charge is 0.463 e. The molecule has 9 nitrogen and oxygen atoms in total. The van der Waals surface area contributed by atoms with Gasteiger partial charge in [0.25, 0.3) is 15.7 Å². The molecule has 0 bridgehead atoms. The topological polar surface area (TPSA) is 133 Å². The van der Waals surface area contributed by atoms with Crippen LogP contribution in [-0.4, -0.2) is 56.0 Å². The third-order valence-electron chi connectivity index (χ3n) is 3.55. The van der Waals surface area contributed by atoms with Crippen molar-refractivity contribution in [1.29, 1.82) is 0 Å². The minimum Gasteiger partial charge on any atom is -0.463 e. The van der Waals surface area contributed by atoms with Crippen LogP contribution < -0.4 is 5.73 Å². The molecule has 1 aromatic carbocycles. The summed E-state index contributed by atoms with van der Waals surface area (Å²) in [7, 11) is -4.49. The second kappa shape index (κ2) is 11.4. The van der Waals surface area contributed by atoms with E-state index in [1.54, 1.807) is 12.8 Å². The Morgan fingerprint density at radius 3 is 2.55 bits per heavy atom. The second-order valence-corrected chi connectivity index (χ2v) is 7.78. The molecule has 1 rings (SSSR count). The number of hydrogen-bond acceptors (Lipinski definition) is 7. The first kappa shape index (κ1) is 26.1. The summed E-state index contributed by atoms with van der Waals surface area (Å²) in [6.45, 7) is 0.264. The molecule has 2 N–H and O–H groups in total. The highest BCUT2D eigenvalue weighted by Gasteiger charge is 2.34. The van der Waals surface area contributed by atoms with Crippen molar-refractivity contribution in [3.63, 3.8) is 0 Å². The fraction of sp³-hybridized carbons (Fsp3) is 0.389. The average molecular weight is 463 g/mol. The zero-order chi connectivity index (χ0) is 23.7. The van der Waals surface area contributed by atoms with Gasteiger partial charge in [-0.3, -0.25) is 10.1 Å². The highest BCUT2D eigenvalue weighted by molar-refractivity contribution is 7.89. The molecule has 13 heteroatoms. The quantitative estimate of drug-likeness (QED) is 0.195. The van der Waals surface area contributed by atoms with Crippen molar-refractivity contribution >= 4 is 21.7 Å². The number of nitro groups is 1. The van der Waals surface area contributed by atoms with E-state index in [0.717, 1.165) is 12.1 Å². The Kier molecular flexibility index (Phi) is 9.63. The van der Waals surface area contributed by atoms with Crippen LogP contribution in [0.5, 0.6) is 0 Å². The van der Waals surface area contributed by atoms with Crippen LogP contribution in [0.3, 0.4) is 0 Å². The first-order valence-corrected chi connectivity index (χ1v) is 10.3. The summed E-state index contributed by atoms with van der Waals surface area (Å²) in [5.41, 5.74) is 3.15. The van der Waals surface area contributed by atoms with Gasteiger partial charge in [0.2, 0.25) is 0 Å². The number of hydrogen-bond donors (Lipinski definition) is 1. The normalized spacial score (nSPS) is 12.3. The Hall–Kier alpha value is -2.95. The first-order valence-electron chi connectivity index (χ1n) is 8.83. The van der Waals surface area contributed by atoms with Crippen LogP contribution in [0.15, 0.2) is 40.8 Å². The van der Waals surface area contributed by atoms with Crippen LogP contribution >= 0.6 is 0 Å². The van der Waals surface area contributed by atoms with E-state index in [4.69, 9.17) is 5.73 Å². The number of carbonyl (C=O) groups is 1. The zero-order valence-electron chi connectivity index (χ0n) is 16.4. The molecule has 31 heavy (non-hydrogen) atoms. The van der Waals surface area contributed by atoms with E-state index in [2.05, 4.69) is 4.74 Å².